The van der Waals surface area contributed by atoms with Gasteiger partial charge in [-0.25, -0.2) is 0 Å². The van der Waals surface area contributed by atoms with Gasteiger partial charge in [0.05, 0.1) is 0 Å². The zero-order valence-corrected chi connectivity index (χ0v) is 11.8. The number of carbonyl (C=O) groups excluding carboxylic acids is 1. The molecule has 0 spiro atoms. The molecule has 0 amide bonds. The molecule has 0 heterocycles. The fourth-order valence-electron chi connectivity index (χ4n) is 1.91. The van der Waals surface area contributed by atoms with Gasteiger partial charge in [0.2, 0.25) is 0 Å². The zero-order chi connectivity index (χ0) is 12.8. The first kappa shape index (κ1) is 16.4. The summed E-state index contributed by atoms with van der Waals surface area (Å²) in [6, 6.07) is 0. The molecule has 0 rings (SSSR count). The van der Waals surface area contributed by atoms with E-state index in [0.717, 1.165) is 12.8 Å². The average Bonchev–Trinajstić information content (AvgIpc) is 2.30. The molecular weight excluding hydrogens is 208 g/mol. The first-order chi connectivity index (χ1) is 8.27. The molecule has 0 unspecified atom stereocenters. The Balaban J connectivity index is 3.07. The SMILES string of the molecule is CCCCCCC/C=C\CCCCCC(C)=O. The highest BCUT2D eigenvalue weighted by Crippen LogP contribution is 2.07. The van der Waals surface area contributed by atoms with Crippen molar-refractivity contribution in [2.45, 2.75) is 84.5 Å². The van der Waals surface area contributed by atoms with Gasteiger partial charge < -0.3 is 4.79 Å². The third-order valence-electron chi connectivity index (χ3n) is 3.04. The molecule has 0 aromatic heterocycles. The molecular formula is C16H30O. The van der Waals surface area contributed by atoms with Crippen molar-refractivity contribution in [3.8, 4) is 0 Å². The van der Waals surface area contributed by atoms with Gasteiger partial charge in [0.1, 0.15) is 5.78 Å². The van der Waals surface area contributed by atoms with Crippen LogP contribution in [-0.2, 0) is 4.79 Å². The van der Waals surface area contributed by atoms with E-state index in [9.17, 15) is 4.79 Å². The highest BCUT2D eigenvalue weighted by Gasteiger charge is 1.92. The van der Waals surface area contributed by atoms with Crippen molar-refractivity contribution in [1.82, 2.24) is 0 Å². The minimum Gasteiger partial charge on any atom is -0.300 e. The lowest BCUT2D eigenvalue weighted by Crippen LogP contribution is -1.88. The average molecular weight is 238 g/mol. The fraction of sp³-hybridized carbons (Fsp3) is 0.812. The molecule has 0 radical (unpaired) electrons. The number of hydrogen-bond donors (Lipinski definition) is 0. The zero-order valence-electron chi connectivity index (χ0n) is 11.8. The van der Waals surface area contributed by atoms with E-state index in [4.69, 9.17) is 0 Å². The van der Waals surface area contributed by atoms with E-state index < -0.39 is 0 Å². The summed E-state index contributed by atoms with van der Waals surface area (Å²) in [6.45, 7) is 3.93. The van der Waals surface area contributed by atoms with Crippen molar-refractivity contribution in [1.29, 1.82) is 0 Å². The van der Waals surface area contributed by atoms with Crippen LogP contribution in [0.4, 0.5) is 0 Å². The minimum absolute atomic E-state index is 0.327. The summed E-state index contributed by atoms with van der Waals surface area (Å²) >= 11 is 0. The van der Waals surface area contributed by atoms with Crippen molar-refractivity contribution in [2.75, 3.05) is 0 Å². The van der Waals surface area contributed by atoms with Crippen LogP contribution in [0, 0.1) is 0 Å². The lowest BCUT2D eigenvalue weighted by atomic mass is 10.1. The number of carbonyl (C=O) groups is 1. The molecule has 0 aliphatic heterocycles. The standard InChI is InChI=1S/C16H30O/c1-3-4-5-6-7-8-9-10-11-12-13-14-15-16(2)17/h9-10H,3-8,11-15H2,1-2H3/b10-9-. The number of ketones is 1. The largest absolute Gasteiger partial charge is 0.300 e. The number of hydrogen-bond acceptors (Lipinski definition) is 1. The maximum atomic E-state index is 10.7. The van der Waals surface area contributed by atoms with E-state index in [2.05, 4.69) is 19.1 Å². The lowest BCUT2D eigenvalue weighted by Gasteiger charge is -1.97. The monoisotopic (exact) mass is 238 g/mol. The Morgan fingerprint density at radius 2 is 1.35 bits per heavy atom. The Hall–Kier alpha value is -0.590. The van der Waals surface area contributed by atoms with E-state index in [0.29, 0.717) is 5.78 Å². The van der Waals surface area contributed by atoms with E-state index in [1.165, 1.54) is 57.8 Å². The normalized spacial score (nSPS) is 11.2. The summed E-state index contributed by atoms with van der Waals surface area (Å²) < 4.78 is 0. The minimum atomic E-state index is 0.327. The molecule has 0 saturated carbocycles. The Morgan fingerprint density at radius 3 is 1.88 bits per heavy atom. The Labute approximate surface area is 108 Å². The molecule has 0 fully saturated rings. The second-order valence-corrected chi connectivity index (χ2v) is 4.98. The predicted molar refractivity (Wildman–Crippen MR) is 76.3 cm³/mol. The van der Waals surface area contributed by atoms with Crippen LogP contribution in [0.5, 0.6) is 0 Å². The summed E-state index contributed by atoms with van der Waals surface area (Å²) in [6.07, 6.45) is 18.2. The molecule has 0 atom stereocenters. The van der Waals surface area contributed by atoms with Gasteiger partial charge in [-0.2, -0.15) is 0 Å². The van der Waals surface area contributed by atoms with Crippen molar-refractivity contribution in [2.24, 2.45) is 0 Å². The summed E-state index contributed by atoms with van der Waals surface area (Å²) in [4.78, 5) is 10.7. The van der Waals surface area contributed by atoms with E-state index >= 15 is 0 Å². The molecule has 0 bridgehead atoms. The quantitative estimate of drug-likeness (QED) is 0.327. The second-order valence-electron chi connectivity index (χ2n) is 4.98. The number of rotatable bonds is 12. The van der Waals surface area contributed by atoms with Crippen molar-refractivity contribution in [3.05, 3.63) is 12.2 Å². The molecule has 0 aromatic rings. The van der Waals surface area contributed by atoms with Crippen LogP contribution in [0.3, 0.4) is 0 Å². The summed E-state index contributed by atoms with van der Waals surface area (Å²) in [5.74, 6) is 0.327. The van der Waals surface area contributed by atoms with Gasteiger partial charge in [0, 0.05) is 6.42 Å². The van der Waals surface area contributed by atoms with Crippen molar-refractivity contribution >= 4 is 5.78 Å². The van der Waals surface area contributed by atoms with Crippen LogP contribution in [0.2, 0.25) is 0 Å². The molecule has 17 heavy (non-hydrogen) atoms. The van der Waals surface area contributed by atoms with Crippen LogP contribution in [-0.4, -0.2) is 5.78 Å². The summed E-state index contributed by atoms with van der Waals surface area (Å²) in [7, 11) is 0. The predicted octanol–water partition coefficient (Wildman–Crippen LogP) is 5.44. The Morgan fingerprint density at radius 1 is 0.824 bits per heavy atom. The van der Waals surface area contributed by atoms with Gasteiger partial charge in [-0.3, -0.25) is 0 Å². The van der Waals surface area contributed by atoms with Crippen LogP contribution < -0.4 is 0 Å². The van der Waals surface area contributed by atoms with Crippen molar-refractivity contribution < 1.29 is 4.79 Å². The maximum Gasteiger partial charge on any atom is 0.129 e. The smallest absolute Gasteiger partial charge is 0.129 e. The molecule has 1 heteroatoms. The highest BCUT2D eigenvalue weighted by molar-refractivity contribution is 5.75. The summed E-state index contributed by atoms with van der Waals surface area (Å²) in [5.41, 5.74) is 0. The molecule has 100 valence electrons. The Kier molecular flexibility index (Phi) is 13.0. The number of allylic oxidation sites excluding steroid dienone is 2. The number of unbranched alkanes of at least 4 members (excludes halogenated alkanes) is 8. The highest BCUT2D eigenvalue weighted by atomic mass is 16.1. The third-order valence-corrected chi connectivity index (χ3v) is 3.04. The second kappa shape index (κ2) is 13.5. The molecule has 0 aromatic carbocycles. The number of Topliss-reactive ketones (excluding diaryl/α,β-unsaturated/α-hetero) is 1. The fourth-order valence-corrected chi connectivity index (χ4v) is 1.91. The van der Waals surface area contributed by atoms with E-state index in [1.807, 2.05) is 0 Å². The Bertz CT molecular complexity index is 194. The van der Waals surface area contributed by atoms with Gasteiger partial charge in [-0.15, -0.1) is 0 Å². The first-order valence-electron chi connectivity index (χ1n) is 7.41. The molecule has 0 N–H and O–H groups in total. The molecule has 0 saturated heterocycles. The van der Waals surface area contributed by atoms with Crippen molar-refractivity contribution in [3.63, 3.8) is 0 Å². The molecule has 0 aliphatic rings. The van der Waals surface area contributed by atoms with Crippen LogP contribution in [0.1, 0.15) is 84.5 Å². The van der Waals surface area contributed by atoms with E-state index in [-0.39, 0.29) is 0 Å². The van der Waals surface area contributed by atoms with Crippen LogP contribution in [0.25, 0.3) is 0 Å². The van der Waals surface area contributed by atoms with Gasteiger partial charge >= 0.3 is 0 Å². The van der Waals surface area contributed by atoms with Gasteiger partial charge in [-0.05, 0) is 39.0 Å². The third kappa shape index (κ3) is 15.4. The lowest BCUT2D eigenvalue weighted by molar-refractivity contribution is -0.117. The van der Waals surface area contributed by atoms with Crippen LogP contribution in [0.15, 0.2) is 12.2 Å². The maximum absolute atomic E-state index is 10.7. The first-order valence-corrected chi connectivity index (χ1v) is 7.41. The molecule has 1 nitrogen and oxygen atoms in total. The summed E-state index contributed by atoms with van der Waals surface area (Å²) in [5, 5.41) is 0. The van der Waals surface area contributed by atoms with Gasteiger partial charge in [-0.1, -0.05) is 51.2 Å². The van der Waals surface area contributed by atoms with E-state index in [1.54, 1.807) is 6.92 Å². The molecule has 0 aliphatic carbocycles. The topological polar surface area (TPSA) is 17.1 Å². The van der Waals surface area contributed by atoms with Gasteiger partial charge in [0.25, 0.3) is 0 Å². The van der Waals surface area contributed by atoms with Gasteiger partial charge in [0.15, 0.2) is 0 Å². The van der Waals surface area contributed by atoms with Crippen LogP contribution >= 0.6 is 0 Å².